The summed E-state index contributed by atoms with van der Waals surface area (Å²) in [6.07, 6.45) is 7.52. The fourth-order valence-corrected chi connectivity index (χ4v) is 2.48. The zero-order chi connectivity index (χ0) is 7.23. The van der Waals surface area contributed by atoms with Crippen molar-refractivity contribution < 1.29 is 0 Å². The van der Waals surface area contributed by atoms with E-state index in [0.717, 1.165) is 5.92 Å². The van der Waals surface area contributed by atoms with Gasteiger partial charge in [-0.25, -0.2) is 0 Å². The standard InChI is InChI=1S/C9H18S/c1-2-10-8-7-9-5-3-4-6-9/h9H,2-8H2,1H3. The third kappa shape index (κ3) is 2.96. The number of hydrogen-bond donors (Lipinski definition) is 0. The molecular formula is C9H18S. The molecule has 0 bridgehead atoms. The van der Waals surface area contributed by atoms with Crippen LogP contribution >= 0.6 is 11.8 Å². The molecule has 60 valence electrons. The highest BCUT2D eigenvalue weighted by Crippen LogP contribution is 2.28. The van der Waals surface area contributed by atoms with E-state index in [-0.39, 0.29) is 0 Å². The Balaban J connectivity index is 1.91. The Labute approximate surface area is 68.8 Å². The highest BCUT2D eigenvalue weighted by molar-refractivity contribution is 7.99. The molecule has 1 aliphatic rings. The van der Waals surface area contributed by atoms with Gasteiger partial charge in [-0.05, 0) is 23.8 Å². The Morgan fingerprint density at radius 2 is 2.00 bits per heavy atom. The molecule has 0 radical (unpaired) electrons. The Kier molecular flexibility index (Phi) is 4.27. The first-order valence-corrected chi connectivity index (χ1v) is 5.66. The van der Waals surface area contributed by atoms with Crippen LogP contribution in [0.5, 0.6) is 0 Å². The van der Waals surface area contributed by atoms with Gasteiger partial charge in [-0.1, -0.05) is 32.6 Å². The second-order valence-corrected chi connectivity index (χ2v) is 4.53. The highest BCUT2D eigenvalue weighted by atomic mass is 32.2. The Morgan fingerprint density at radius 1 is 1.30 bits per heavy atom. The molecular weight excluding hydrogens is 140 g/mol. The summed E-state index contributed by atoms with van der Waals surface area (Å²) in [5, 5.41) is 0. The van der Waals surface area contributed by atoms with Gasteiger partial charge in [0.25, 0.3) is 0 Å². The Morgan fingerprint density at radius 3 is 2.60 bits per heavy atom. The molecule has 0 aliphatic heterocycles. The molecule has 0 unspecified atom stereocenters. The summed E-state index contributed by atoms with van der Waals surface area (Å²) in [7, 11) is 0. The lowest BCUT2D eigenvalue weighted by molar-refractivity contribution is 0.535. The predicted octanol–water partition coefficient (Wildman–Crippen LogP) is 3.32. The van der Waals surface area contributed by atoms with Gasteiger partial charge in [0.15, 0.2) is 0 Å². The summed E-state index contributed by atoms with van der Waals surface area (Å²) in [5.41, 5.74) is 0. The minimum atomic E-state index is 1.10. The van der Waals surface area contributed by atoms with Crippen LogP contribution in [0.25, 0.3) is 0 Å². The van der Waals surface area contributed by atoms with Crippen molar-refractivity contribution >= 4 is 11.8 Å². The molecule has 0 N–H and O–H groups in total. The van der Waals surface area contributed by atoms with Crippen LogP contribution in [-0.4, -0.2) is 11.5 Å². The molecule has 1 rings (SSSR count). The van der Waals surface area contributed by atoms with Crippen molar-refractivity contribution in [1.29, 1.82) is 0 Å². The van der Waals surface area contributed by atoms with Crippen LogP contribution in [0.2, 0.25) is 0 Å². The Hall–Kier alpha value is 0.350. The van der Waals surface area contributed by atoms with Crippen molar-refractivity contribution in [2.45, 2.75) is 39.0 Å². The molecule has 1 fully saturated rings. The van der Waals surface area contributed by atoms with Crippen molar-refractivity contribution in [3.8, 4) is 0 Å². The zero-order valence-corrected chi connectivity index (χ0v) is 7.75. The third-order valence-corrected chi connectivity index (χ3v) is 3.28. The minimum Gasteiger partial charge on any atom is -0.162 e. The SMILES string of the molecule is CCSCCC1CCCC1. The van der Waals surface area contributed by atoms with E-state index in [9.17, 15) is 0 Å². The molecule has 0 heterocycles. The first kappa shape index (κ1) is 8.45. The quantitative estimate of drug-likeness (QED) is 0.566. The topological polar surface area (TPSA) is 0 Å². The number of rotatable bonds is 4. The van der Waals surface area contributed by atoms with Crippen molar-refractivity contribution in [2.24, 2.45) is 5.92 Å². The van der Waals surface area contributed by atoms with Gasteiger partial charge in [-0.15, -0.1) is 0 Å². The summed E-state index contributed by atoms with van der Waals surface area (Å²) in [5.74, 6) is 3.80. The summed E-state index contributed by atoms with van der Waals surface area (Å²) in [6.45, 7) is 2.25. The minimum absolute atomic E-state index is 1.10. The normalized spacial score (nSPS) is 20.1. The van der Waals surface area contributed by atoms with Crippen molar-refractivity contribution in [3.05, 3.63) is 0 Å². The van der Waals surface area contributed by atoms with Gasteiger partial charge >= 0.3 is 0 Å². The zero-order valence-electron chi connectivity index (χ0n) is 6.94. The number of thioether (sulfide) groups is 1. The summed E-state index contributed by atoms with van der Waals surface area (Å²) in [4.78, 5) is 0. The van der Waals surface area contributed by atoms with Crippen LogP contribution in [0, 0.1) is 5.92 Å². The maximum Gasteiger partial charge on any atom is -0.00650 e. The van der Waals surface area contributed by atoms with E-state index in [0.29, 0.717) is 0 Å². The van der Waals surface area contributed by atoms with Crippen LogP contribution in [0.15, 0.2) is 0 Å². The second-order valence-electron chi connectivity index (χ2n) is 3.14. The van der Waals surface area contributed by atoms with E-state index >= 15 is 0 Å². The highest BCUT2D eigenvalue weighted by Gasteiger charge is 2.13. The molecule has 0 aromatic rings. The van der Waals surface area contributed by atoms with E-state index < -0.39 is 0 Å². The third-order valence-electron chi connectivity index (χ3n) is 2.35. The van der Waals surface area contributed by atoms with E-state index in [1.165, 1.54) is 43.6 Å². The maximum atomic E-state index is 2.25. The van der Waals surface area contributed by atoms with E-state index in [1.54, 1.807) is 0 Å². The van der Waals surface area contributed by atoms with E-state index in [4.69, 9.17) is 0 Å². The smallest absolute Gasteiger partial charge is 0.00650 e. The van der Waals surface area contributed by atoms with E-state index in [2.05, 4.69) is 18.7 Å². The molecule has 1 heteroatoms. The van der Waals surface area contributed by atoms with Crippen molar-refractivity contribution in [1.82, 2.24) is 0 Å². The lowest BCUT2D eigenvalue weighted by Crippen LogP contribution is -1.94. The van der Waals surface area contributed by atoms with Crippen LogP contribution in [0.4, 0.5) is 0 Å². The van der Waals surface area contributed by atoms with Crippen molar-refractivity contribution in [2.75, 3.05) is 11.5 Å². The number of hydrogen-bond acceptors (Lipinski definition) is 1. The van der Waals surface area contributed by atoms with Crippen LogP contribution in [0.1, 0.15) is 39.0 Å². The van der Waals surface area contributed by atoms with Crippen LogP contribution in [0.3, 0.4) is 0 Å². The van der Waals surface area contributed by atoms with Gasteiger partial charge in [0.2, 0.25) is 0 Å². The van der Waals surface area contributed by atoms with Crippen LogP contribution in [-0.2, 0) is 0 Å². The lowest BCUT2D eigenvalue weighted by Gasteiger charge is -2.06. The van der Waals surface area contributed by atoms with Gasteiger partial charge in [0, 0.05) is 0 Å². The molecule has 0 aromatic heterocycles. The predicted molar refractivity (Wildman–Crippen MR) is 49.6 cm³/mol. The van der Waals surface area contributed by atoms with Crippen molar-refractivity contribution in [3.63, 3.8) is 0 Å². The van der Waals surface area contributed by atoms with Gasteiger partial charge in [-0.2, -0.15) is 11.8 Å². The molecule has 0 saturated heterocycles. The van der Waals surface area contributed by atoms with Gasteiger partial charge in [0.1, 0.15) is 0 Å². The van der Waals surface area contributed by atoms with E-state index in [1.807, 2.05) is 0 Å². The summed E-state index contributed by atoms with van der Waals surface area (Å²) < 4.78 is 0. The maximum absolute atomic E-state index is 2.25. The molecule has 0 nitrogen and oxygen atoms in total. The van der Waals surface area contributed by atoms with Gasteiger partial charge < -0.3 is 0 Å². The first-order chi connectivity index (χ1) is 4.93. The Bertz CT molecular complexity index is 74.8. The summed E-state index contributed by atoms with van der Waals surface area (Å²) in [6, 6.07) is 0. The lowest BCUT2D eigenvalue weighted by atomic mass is 10.1. The average molecular weight is 158 g/mol. The molecule has 1 saturated carbocycles. The van der Waals surface area contributed by atoms with Gasteiger partial charge in [0.05, 0.1) is 0 Å². The molecule has 0 spiro atoms. The average Bonchev–Trinajstić information content (AvgIpc) is 2.41. The van der Waals surface area contributed by atoms with Gasteiger partial charge in [-0.3, -0.25) is 0 Å². The fourth-order valence-electron chi connectivity index (χ4n) is 1.69. The largest absolute Gasteiger partial charge is 0.162 e. The second kappa shape index (κ2) is 5.06. The fraction of sp³-hybridized carbons (Fsp3) is 1.00. The molecule has 0 atom stereocenters. The van der Waals surface area contributed by atoms with Crippen LogP contribution < -0.4 is 0 Å². The molecule has 0 aromatic carbocycles. The monoisotopic (exact) mass is 158 g/mol. The molecule has 1 aliphatic carbocycles. The first-order valence-electron chi connectivity index (χ1n) is 4.51. The molecule has 0 amide bonds. The molecule has 10 heavy (non-hydrogen) atoms. The summed E-state index contributed by atoms with van der Waals surface area (Å²) >= 11 is 2.09.